The van der Waals surface area contributed by atoms with Gasteiger partial charge in [-0.1, -0.05) is 0 Å². The molecular weight excluding hydrogens is 234 g/mol. The topological polar surface area (TPSA) is 19.0 Å². The van der Waals surface area contributed by atoms with Crippen molar-refractivity contribution in [3.8, 4) is 0 Å². The zero-order valence-electron chi connectivity index (χ0n) is 10.6. The van der Waals surface area contributed by atoms with Crippen LogP contribution in [-0.2, 0) is 13.0 Å². The molecule has 0 aliphatic carbocycles. The number of nitrogens with zero attached hydrogens (tertiary/aromatic N) is 1. The van der Waals surface area contributed by atoms with Crippen LogP contribution in [0.25, 0.3) is 10.9 Å². The van der Waals surface area contributed by atoms with Gasteiger partial charge < -0.3 is 4.98 Å². The van der Waals surface area contributed by atoms with Gasteiger partial charge in [-0.05, 0) is 38.0 Å². The summed E-state index contributed by atoms with van der Waals surface area (Å²) in [5.74, 6) is -1.56. The number of halogens is 2. The van der Waals surface area contributed by atoms with Crippen molar-refractivity contribution in [2.45, 2.75) is 32.9 Å². The van der Waals surface area contributed by atoms with Crippen LogP contribution in [-0.4, -0.2) is 22.5 Å². The number of aromatic nitrogens is 1. The maximum absolute atomic E-state index is 13.7. The Bertz CT molecular complexity index is 601. The molecule has 0 saturated carbocycles. The van der Waals surface area contributed by atoms with Gasteiger partial charge in [0.05, 0.1) is 5.52 Å². The standard InChI is InChI=1S/C14H16F2N2/c1-8(2)18-6-5-9-10-3-4-11(15)13(16)14(10)17-12(9)7-18/h3-4,8,17H,5-7H2,1-2H3. The summed E-state index contributed by atoms with van der Waals surface area (Å²) in [4.78, 5) is 5.38. The van der Waals surface area contributed by atoms with Gasteiger partial charge in [0.1, 0.15) is 0 Å². The normalized spacial score (nSPS) is 16.5. The molecule has 1 aliphatic rings. The number of nitrogens with one attached hydrogen (secondary N) is 1. The first-order valence-electron chi connectivity index (χ1n) is 6.29. The van der Waals surface area contributed by atoms with E-state index in [0.717, 1.165) is 36.2 Å². The van der Waals surface area contributed by atoms with Gasteiger partial charge in [-0.2, -0.15) is 0 Å². The first-order valence-corrected chi connectivity index (χ1v) is 6.29. The lowest BCUT2D eigenvalue weighted by molar-refractivity contribution is 0.201. The Morgan fingerprint density at radius 3 is 2.78 bits per heavy atom. The van der Waals surface area contributed by atoms with Gasteiger partial charge >= 0.3 is 0 Å². The smallest absolute Gasteiger partial charge is 0.182 e. The third-order valence-electron chi connectivity index (χ3n) is 3.80. The molecular formula is C14H16F2N2. The molecule has 0 amide bonds. The fraction of sp³-hybridized carbons (Fsp3) is 0.429. The van der Waals surface area contributed by atoms with Gasteiger partial charge in [0.15, 0.2) is 11.6 Å². The van der Waals surface area contributed by atoms with E-state index in [9.17, 15) is 8.78 Å². The number of aromatic amines is 1. The number of fused-ring (bicyclic) bond motifs is 3. The van der Waals surface area contributed by atoms with Crippen LogP contribution in [0, 0.1) is 11.6 Å². The number of H-pyrrole nitrogens is 1. The molecule has 0 spiro atoms. The Morgan fingerprint density at radius 2 is 2.06 bits per heavy atom. The Kier molecular flexibility index (Phi) is 2.63. The van der Waals surface area contributed by atoms with Crippen LogP contribution in [0.15, 0.2) is 12.1 Å². The zero-order valence-corrected chi connectivity index (χ0v) is 10.6. The molecule has 3 rings (SSSR count). The van der Waals surface area contributed by atoms with Crippen LogP contribution >= 0.6 is 0 Å². The molecule has 0 radical (unpaired) electrons. The van der Waals surface area contributed by atoms with E-state index in [2.05, 4.69) is 23.7 Å². The van der Waals surface area contributed by atoms with Crippen LogP contribution in [0.1, 0.15) is 25.1 Å². The van der Waals surface area contributed by atoms with Crippen LogP contribution in [0.4, 0.5) is 8.78 Å². The molecule has 1 aromatic heterocycles. The maximum Gasteiger partial charge on any atom is 0.182 e. The van der Waals surface area contributed by atoms with E-state index >= 15 is 0 Å². The van der Waals surface area contributed by atoms with Gasteiger partial charge in [-0.3, -0.25) is 4.90 Å². The van der Waals surface area contributed by atoms with E-state index in [0.29, 0.717) is 11.6 Å². The summed E-state index contributed by atoms with van der Waals surface area (Å²) in [6.45, 7) is 6.04. The van der Waals surface area contributed by atoms with Crippen LogP contribution < -0.4 is 0 Å². The Labute approximate surface area is 105 Å². The van der Waals surface area contributed by atoms with Crippen molar-refractivity contribution in [2.75, 3.05) is 6.54 Å². The fourth-order valence-electron chi connectivity index (χ4n) is 2.71. The van der Waals surface area contributed by atoms with E-state index in [-0.39, 0.29) is 0 Å². The van der Waals surface area contributed by atoms with E-state index < -0.39 is 11.6 Å². The average molecular weight is 250 g/mol. The highest BCUT2D eigenvalue weighted by molar-refractivity contribution is 5.85. The Hall–Kier alpha value is -1.42. The maximum atomic E-state index is 13.7. The lowest BCUT2D eigenvalue weighted by atomic mass is 10.0. The molecule has 1 aromatic carbocycles. The minimum atomic E-state index is -0.790. The second-order valence-electron chi connectivity index (χ2n) is 5.18. The molecule has 0 saturated heterocycles. The van der Waals surface area contributed by atoms with Gasteiger partial charge in [0.25, 0.3) is 0 Å². The van der Waals surface area contributed by atoms with Gasteiger partial charge in [0, 0.05) is 30.2 Å². The molecule has 0 atom stereocenters. The molecule has 96 valence electrons. The van der Waals surface area contributed by atoms with Crippen molar-refractivity contribution in [3.05, 3.63) is 35.0 Å². The van der Waals surface area contributed by atoms with Crippen LogP contribution in [0.5, 0.6) is 0 Å². The average Bonchev–Trinajstić information content (AvgIpc) is 2.72. The third kappa shape index (κ3) is 1.63. The summed E-state index contributed by atoms with van der Waals surface area (Å²) < 4.78 is 26.9. The molecule has 0 unspecified atom stereocenters. The second kappa shape index (κ2) is 4.05. The van der Waals surface area contributed by atoms with Crippen molar-refractivity contribution in [2.24, 2.45) is 0 Å². The Balaban J connectivity index is 2.12. The summed E-state index contributed by atoms with van der Waals surface area (Å²) in [7, 11) is 0. The molecule has 18 heavy (non-hydrogen) atoms. The molecule has 1 aliphatic heterocycles. The van der Waals surface area contributed by atoms with E-state index in [4.69, 9.17) is 0 Å². The largest absolute Gasteiger partial charge is 0.355 e. The van der Waals surface area contributed by atoms with Gasteiger partial charge in [0.2, 0.25) is 0 Å². The van der Waals surface area contributed by atoms with Crippen molar-refractivity contribution < 1.29 is 8.78 Å². The molecule has 0 fully saturated rings. The zero-order chi connectivity index (χ0) is 12.9. The predicted octanol–water partition coefficient (Wildman–Crippen LogP) is 3.21. The highest BCUT2D eigenvalue weighted by Crippen LogP contribution is 2.30. The second-order valence-corrected chi connectivity index (χ2v) is 5.18. The molecule has 2 aromatic rings. The summed E-state index contributed by atoms with van der Waals surface area (Å²) in [5, 5.41) is 0.826. The summed E-state index contributed by atoms with van der Waals surface area (Å²) in [6.07, 6.45) is 0.887. The van der Waals surface area contributed by atoms with Crippen molar-refractivity contribution in [1.29, 1.82) is 0 Å². The van der Waals surface area contributed by atoms with Crippen LogP contribution in [0.3, 0.4) is 0 Å². The lowest BCUT2D eigenvalue weighted by Gasteiger charge is -2.30. The lowest BCUT2D eigenvalue weighted by Crippen LogP contribution is -2.35. The summed E-state index contributed by atoms with van der Waals surface area (Å²) in [5.41, 5.74) is 2.47. The first kappa shape index (κ1) is 11.7. The number of rotatable bonds is 1. The molecule has 2 nitrogen and oxygen atoms in total. The fourth-order valence-corrected chi connectivity index (χ4v) is 2.71. The number of benzene rings is 1. The predicted molar refractivity (Wildman–Crippen MR) is 67.5 cm³/mol. The van der Waals surface area contributed by atoms with Crippen molar-refractivity contribution in [3.63, 3.8) is 0 Å². The third-order valence-corrected chi connectivity index (χ3v) is 3.80. The molecule has 0 bridgehead atoms. The summed E-state index contributed by atoms with van der Waals surface area (Å²) in [6, 6.07) is 3.35. The van der Waals surface area contributed by atoms with E-state index in [1.807, 2.05) is 0 Å². The van der Waals surface area contributed by atoms with Gasteiger partial charge in [-0.15, -0.1) is 0 Å². The quantitative estimate of drug-likeness (QED) is 0.823. The minimum Gasteiger partial charge on any atom is -0.355 e. The molecule has 4 heteroatoms. The first-order chi connectivity index (χ1) is 8.58. The molecule has 1 N–H and O–H groups in total. The Morgan fingerprint density at radius 1 is 1.28 bits per heavy atom. The highest BCUT2D eigenvalue weighted by atomic mass is 19.2. The van der Waals surface area contributed by atoms with Gasteiger partial charge in [-0.25, -0.2) is 8.78 Å². The number of hydrogen-bond acceptors (Lipinski definition) is 1. The van der Waals surface area contributed by atoms with Crippen molar-refractivity contribution >= 4 is 10.9 Å². The van der Waals surface area contributed by atoms with E-state index in [1.165, 1.54) is 6.07 Å². The number of hydrogen-bond donors (Lipinski definition) is 1. The van der Waals surface area contributed by atoms with Crippen molar-refractivity contribution in [1.82, 2.24) is 9.88 Å². The van der Waals surface area contributed by atoms with Crippen LogP contribution in [0.2, 0.25) is 0 Å². The molecule has 2 heterocycles. The summed E-state index contributed by atoms with van der Waals surface area (Å²) >= 11 is 0. The monoisotopic (exact) mass is 250 g/mol. The highest BCUT2D eigenvalue weighted by Gasteiger charge is 2.23. The van der Waals surface area contributed by atoms with E-state index in [1.54, 1.807) is 6.07 Å². The minimum absolute atomic E-state index is 0.311. The SMILES string of the molecule is CC(C)N1CCc2c([nH]c3c(F)c(F)ccc23)C1.